The second-order valence-corrected chi connectivity index (χ2v) is 9.03. The largest absolute Gasteiger partial charge is 0.435 e. The van der Waals surface area contributed by atoms with Gasteiger partial charge in [-0.3, -0.25) is 4.68 Å². The maximum Gasteiger partial charge on any atom is 0.435 e. The van der Waals surface area contributed by atoms with Crippen molar-refractivity contribution in [3.05, 3.63) is 84.3 Å². The number of rotatable bonds is 6. The van der Waals surface area contributed by atoms with Gasteiger partial charge in [0.25, 0.3) is 0 Å². The topological polar surface area (TPSA) is 52.0 Å². The van der Waals surface area contributed by atoms with Crippen molar-refractivity contribution in [1.29, 1.82) is 0 Å². The number of hydrogen-bond donors (Lipinski definition) is 0. The van der Waals surface area contributed by atoms with E-state index in [-0.39, 0.29) is 28.3 Å². The van der Waals surface area contributed by atoms with Crippen LogP contribution in [0.1, 0.15) is 12.6 Å². The number of halogens is 4. The molecule has 0 unspecified atom stereocenters. The van der Waals surface area contributed by atoms with Gasteiger partial charge in [0.1, 0.15) is 5.82 Å². The molecule has 1 aromatic heterocycles. The van der Waals surface area contributed by atoms with Crippen molar-refractivity contribution in [3.8, 4) is 22.4 Å². The van der Waals surface area contributed by atoms with Crippen molar-refractivity contribution in [1.82, 2.24) is 9.78 Å². The number of hydrogen-bond acceptors (Lipinski definition) is 3. The SMILES string of the molecule is C/C=C\C=C/Cn1nc(C(F)(F)F)c(-c2ccc(F)cc2)c1-c1ccc(S(C)(=O)=O)cc1. The molecule has 0 aliphatic heterocycles. The quantitative estimate of drug-likeness (QED) is 0.337. The molecular formula is C23H20F4N2O2S. The minimum Gasteiger partial charge on any atom is -0.260 e. The van der Waals surface area contributed by atoms with Crippen molar-refractivity contribution in [2.24, 2.45) is 0 Å². The molecule has 0 radical (unpaired) electrons. The number of alkyl halides is 3. The van der Waals surface area contributed by atoms with Gasteiger partial charge in [-0.2, -0.15) is 18.3 Å². The minimum atomic E-state index is -4.76. The third kappa shape index (κ3) is 5.16. The lowest BCUT2D eigenvalue weighted by molar-refractivity contribution is -0.141. The van der Waals surface area contributed by atoms with Crippen LogP contribution >= 0.6 is 0 Å². The van der Waals surface area contributed by atoms with Crippen LogP contribution in [0.2, 0.25) is 0 Å². The molecule has 1 heterocycles. The number of allylic oxidation sites excluding steroid dienone is 4. The average Bonchev–Trinajstić information content (AvgIpc) is 3.11. The molecule has 168 valence electrons. The van der Waals surface area contributed by atoms with Gasteiger partial charge in [-0.15, -0.1) is 0 Å². The van der Waals surface area contributed by atoms with E-state index in [0.29, 0.717) is 5.56 Å². The average molecular weight is 464 g/mol. The Labute approximate surface area is 183 Å². The molecule has 0 aliphatic carbocycles. The Morgan fingerprint density at radius 1 is 0.969 bits per heavy atom. The van der Waals surface area contributed by atoms with Gasteiger partial charge < -0.3 is 0 Å². The summed E-state index contributed by atoms with van der Waals surface area (Å²) in [5, 5.41) is 3.83. The van der Waals surface area contributed by atoms with Crippen LogP contribution in [-0.2, 0) is 22.6 Å². The van der Waals surface area contributed by atoms with Crippen molar-refractivity contribution < 1.29 is 26.0 Å². The molecule has 0 saturated heterocycles. The first kappa shape index (κ1) is 23.5. The molecule has 4 nitrogen and oxygen atoms in total. The molecule has 2 aromatic carbocycles. The van der Waals surface area contributed by atoms with E-state index in [1.54, 1.807) is 31.2 Å². The molecule has 0 amide bonds. The Hall–Kier alpha value is -3.20. The molecule has 0 bridgehead atoms. The first-order valence-electron chi connectivity index (χ1n) is 9.54. The molecule has 32 heavy (non-hydrogen) atoms. The van der Waals surface area contributed by atoms with Gasteiger partial charge in [-0.1, -0.05) is 48.6 Å². The highest BCUT2D eigenvalue weighted by Crippen LogP contribution is 2.42. The molecule has 3 aromatic rings. The van der Waals surface area contributed by atoms with E-state index in [2.05, 4.69) is 5.10 Å². The van der Waals surface area contributed by atoms with Crippen molar-refractivity contribution in [2.45, 2.75) is 24.5 Å². The Bertz CT molecular complexity index is 1260. The Morgan fingerprint density at radius 3 is 2.09 bits per heavy atom. The maximum atomic E-state index is 13.9. The van der Waals surface area contributed by atoms with Crippen molar-refractivity contribution in [2.75, 3.05) is 6.26 Å². The summed E-state index contributed by atoms with van der Waals surface area (Å²) in [5.41, 5.74) is -0.673. The van der Waals surface area contributed by atoms with E-state index in [9.17, 15) is 26.0 Å². The Morgan fingerprint density at radius 2 is 1.56 bits per heavy atom. The smallest absolute Gasteiger partial charge is 0.260 e. The Balaban J connectivity index is 2.29. The fourth-order valence-electron chi connectivity index (χ4n) is 3.19. The van der Waals surface area contributed by atoms with E-state index < -0.39 is 27.5 Å². The Kier molecular flexibility index (Phi) is 6.68. The molecule has 0 spiro atoms. The molecule has 3 rings (SSSR count). The zero-order valence-corrected chi connectivity index (χ0v) is 18.1. The molecule has 0 N–H and O–H groups in total. The molecule has 0 atom stereocenters. The zero-order valence-electron chi connectivity index (χ0n) is 17.3. The highest BCUT2D eigenvalue weighted by atomic mass is 32.2. The van der Waals surface area contributed by atoms with E-state index in [1.165, 1.54) is 41.1 Å². The summed E-state index contributed by atoms with van der Waals surface area (Å²) < 4.78 is 80.0. The van der Waals surface area contributed by atoms with Crippen LogP contribution in [-0.4, -0.2) is 24.5 Å². The lowest BCUT2D eigenvalue weighted by Crippen LogP contribution is -2.09. The minimum absolute atomic E-state index is 0.0395. The van der Waals surface area contributed by atoms with Crippen molar-refractivity contribution >= 4 is 9.84 Å². The van der Waals surface area contributed by atoms with Gasteiger partial charge in [0.05, 0.1) is 17.1 Å². The zero-order chi connectivity index (χ0) is 23.5. The van der Waals surface area contributed by atoms with Crippen LogP contribution in [0.5, 0.6) is 0 Å². The van der Waals surface area contributed by atoms with Crippen LogP contribution in [0.15, 0.2) is 77.7 Å². The fraction of sp³-hybridized carbons (Fsp3) is 0.174. The summed E-state index contributed by atoms with van der Waals surface area (Å²) in [6.45, 7) is 1.85. The van der Waals surface area contributed by atoms with E-state index in [1.807, 2.05) is 0 Å². The second-order valence-electron chi connectivity index (χ2n) is 7.01. The summed E-state index contributed by atoms with van der Waals surface area (Å²) in [5.74, 6) is -0.581. The first-order valence-corrected chi connectivity index (χ1v) is 11.4. The highest BCUT2D eigenvalue weighted by Gasteiger charge is 2.40. The third-order valence-electron chi connectivity index (χ3n) is 4.63. The number of aromatic nitrogens is 2. The predicted octanol–water partition coefficient (Wildman–Crippen LogP) is 5.91. The number of sulfone groups is 1. The normalized spacial score (nSPS) is 12.8. The van der Waals surface area contributed by atoms with Gasteiger partial charge in [-0.25, -0.2) is 12.8 Å². The van der Waals surface area contributed by atoms with Crippen LogP contribution in [0.25, 0.3) is 22.4 Å². The van der Waals surface area contributed by atoms with Gasteiger partial charge in [-0.05, 0) is 36.8 Å². The standard InChI is InChI=1S/C23H20F4N2O2S/c1-3-4-5-6-15-29-21(17-9-13-19(14-10-17)32(2,30)31)20(22(28-29)23(25,26)27)16-7-11-18(24)12-8-16/h3-14H,15H2,1-2H3/b4-3-,6-5-. The monoisotopic (exact) mass is 464 g/mol. The summed E-state index contributed by atoms with van der Waals surface area (Å²) >= 11 is 0. The predicted molar refractivity (Wildman–Crippen MR) is 115 cm³/mol. The second kappa shape index (κ2) is 9.12. The molecule has 9 heteroatoms. The summed E-state index contributed by atoms with van der Waals surface area (Å²) in [6, 6.07) is 10.2. The third-order valence-corrected chi connectivity index (χ3v) is 5.76. The van der Waals surface area contributed by atoms with Crippen molar-refractivity contribution in [3.63, 3.8) is 0 Å². The molecule has 0 fully saturated rings. The lowest BCUT2D eigenvalue weighted by Gasteiger charge is -2.11. The van der Waals surface area contributed by atoms with Gasteiger partial charge in [0.15, 0.2) is 15.5 Å². The fourth-order valence-corrected chi connectivity index (χ4v) is 3.82. The highest BCUT2D eigenvalue weighted by molar-refractivity contribution is 7.90. The van der Waals surface area contributed by atoms with Gasteiger partial charge in [0.2, 0.25) is 0 Å². The van der Waals surface area contributed by atoms with Crippen LogP contribution in [0.4, 0.5) is 17.6 Å². The van der Waals surface area contributed by atoms with Gasteiger partial charge >= 0.3 is 6.18 Å². The number of benzene rings is 2. The van der Waals surface area contributed by atoms with Crippen LogP contribution in [0.3, 0.4) is 0 Å². The maximum absolute atomic E-state index is 13.9. The van der Waals surface area contributed by atoms with Gasteiger partial charge in [0, 0.05) is 17.4 Å². The molecule has 0 aliphatic rings. The summed E-state index contributed by atoms with van der Waals surface area (Å²) in [6.07, 6.45) is 3.12. The summed E-state index contributed by atoms with van der Waals surface area (Å²) in [7, 11) is -3.48. The van der Waals surface area contributed by atoms with E-state index in [4.69, 9.17) is 0 Å². The first-order chi connectivity index (χ1) is 15.0. The van der Waals surface area contributed by atoms with E-state index in [0.717, 1.165) is 18.4 Å². The molecule has 0 saturated carbocycles. The van der Waals surface area contributed by atoms with E-state index >= 15 is 0 Å². The summed E-state index contributed by atoms with van der Waals surface area (Å²) in [4.78, 5) is 0.0414. The lowest BCUT2D eigenvalue weighted by atomic mass is 9.98. The number of nitrogens with zero attached hydrogens (tertiary/aromatic N) is 2. The van der Waals surface area contributed by atoms with Crippen LogP contribution in [0, 0.1) is 5.82 Å². The van der Waals surface area contributed by atoms with Crippen LogP contribution < -0.4 is 0 Å². The molecular weight excluding hydrogens is 444 g/mol.